The van der Waals surface area contributed by atoms with Crippen LogP contribution in [-0.2, 0) is 11.2 Å². The van der Waals surface area contributed by atoms with Crippen LogP contribution in [0, 0.1) is 5.82 Å². The first-order chi connectivity index (χ1) is 13.0. The standard InChI is InChI=1S/C18H18FN5O3/c19-11-4-5-12-13(8-11)22-16(21-12)14-3-1-2-6-24(14)15(25)7-10-9-20-18(27)23-17(10)26/h4-5,8-9,14H,1-3,6-7H2,(H,21,22)(H2,20,23,26,27). The molecule has 8 nitrogen and oxygen atoms in total. The number of halogens is 1. The van der Waals surface area contributed by atoms with Crippen LogP contribution in [-0.4, -0.2) is 37.3 Å². The quantitative estimate of drug-likeness (QED) is 0.645. The van der Waals surface area contributed by atoms with E-state index in [0.29, 0.717) is 23.4 Å². The molecular weight excluding hydrogens is 353 g/mol. The lowest BCUT2D eigenvalue weighted by molar-refractivity contribution is -0.134. The molecule has 3 aromatic rings. The number of benzene rings is 1. The lowest BCUT2D eigenvalue weighted by atomic mass is 10.0. The molecule has 0 saturated carbocycles. The van der Waals surface area contributed by atoms with E-state index >= 15 is 0 Å². The van der Waals surface area contributed by atoms with Crippen LogP contribution in [0.3, 0.4) is 0 Å². The number of imidazole rings is 1. The van der Waals surface area contributed by atoms with E-state index in [1.165, 1.54) is 18.3 Å². The van der Waals surface area contributed by atoms with E-state index in [1.807, 2.05) is 0 Å². The maximum absolute atomic E-state index is 13.4. The average Bonchev–Trinajstić information content (AvgIpc) is 3.07. The van der Waals surface area contributed by atoms with Gasteiger partial charge in [-0.3, -0.25) is 14.6 Å². The minimum Gasteiger partial charge on any atom is -0.340 e. The van der Waals surface area contributed by atoms with Crippen LogP contribution in [0.15, 0.2) is 34.0 Å². The number of hydrogen-bond donors (Lipinski definition) is 3. The Morgan fingerprint density at radius 1 is 1.26 bits per heavy atom. The minimum atomic E-state index is -0.610. The molecule has 3 N–H and O–H groups in total. The molecule has 4 rings (SSSR count). The molecule has 1 aliphatic rings. The van der Waals surface area contributed by atoms with Crippen LogP contribution < -0.4 is 11.2 Å². The number of carbonyl (C=O) groups excluding carboxylic acids is 1. The average molecular weight is 371 g/mol. The summed E-state index contributed by atoms with van der Waals surface area (Å²) in [5.74, 6) is 0.0366. The SMILES string of the molecule is O=C(Cc1c[nH]c(=O)[nH]c1=O)N1CCCCC1c1nc2ccc(F)cc2[nH]1. The van der Waals surface area contributed by atoms with Gasteiger partial charge in [0.1, 0.15) is 11.6 Å². The van der Waals surface area contributed by atoms with Crippen molar-refractivity contribution in [1.82, 2.24) is 24.8 Å². The van der Waals surface area contributed by atoms with Gasteiger partial charge in [-0.25, -0.2) is 14.2 Å². The van der Waals surface area contributed by atoms with Crippen LogP contribution in [0.5, 0.6) is 0 Å². The molecule has 3 heterocycles. The maximum atomic E-state index is 13.4. The lowest BCUT2D eigenvalue weighted by Gasteiger charge is -2.34. The second-order valence-corrected chi connectivity index (χ2v) is 6.66. The molecule has 0 spiro atoms. The molecular formula is C18H18FN5O3. The molecule has 1 aromatic carbocycles. The number of carbonyl (C=O) groups is 1. The fourth-order valence-electron chi connectivity index (χ4n) is 3.51. The number of H-pyrrole nitrogens is 3. The van der Waals surface area contributed by atoms with Crippen molar-refractivity contribution in [1.29, 1.82) is 0 Å². The summed E-state index contributed by atoms with van der Waals surface area (Å²) in [5, 5.41) is 0. The van der Waals surface area contributed by atoms with E-state index in [1.54, 1.807) is 11.0 Å². The molecule has 1 saturated heterocycles. The summed E-state index contributed by atoms with van der Waals surface area (Å²) in [7, 11) is 0. The Morgan fingerprint density at radius 2 is 2.11 bits per heavy atom. The number of likely N-dealkylation sites (tertiary alicyclic amines) is 1. The predicted molar refractivity (Wildman–Crippen MR) is 95.7 cm³/mol. The summed E-state index contributed by atoms with van der Waals surface area (Å²) in [5.41, 5.74) is 0.249. The number of nitrogens with zero attached hydrogens (tertiary/aromatic N) is 2. The summed E-state index contributed by atoms with van der Waals surface area (Å²) < 4.78 is 13.4. The van der Waals surface area contributed by atoms with E-state index in [4.69, 9.17) is 0 Å². The Labute approximate surface area is 152 Å². The first-order valence-electron chi connectivity index (χ1n) is 8.77. The van der Waals surface area contributed by atoms with E-state index in [9.17, 15) is 18.8 Å². The number of fused-ring (bicyclic) bond motifs is 1. The van der Waals surface area contributed by atoms with Crippen molar-refractivity contribution < 1.29 is 9.18 Å². The predicted octanol–water partition coefficient (Wildman–Crippen LogP) is 1.37. The lowest BCUT2D eigenvalue weighted by Crippen LogP contribution is -2.40. The Balaban J connectivity index is 1.62. The third-order valence-corrected chi connectivity index (χ3v) is 4.84. The highest BCUT2D eigenvalue weighted by Crippen LogP contribution is 2.31. The van der Waals surface area contributed by atoms with E-state index < -0.39 is 11.2 Å². The van der Waals surface area contributed by atoms with Gasteiger partial charge in [0.15, 0.2) is 0 Å². The summed E-state index contributed by atoms with van der Waals surface area (Å²) in [6.45, 7) is 0.552. The van der Waals surface area contributed by atoms with Gasteiger partial charge in [-0.05, 0) is 37.5 Å². The highest BCUT2D eigenvalue weighted by atomic mass is 19.1. The second-order valence-electron chi connectivity index (χ2n) is 6.66. The van der Waals surface area contributed by atoms with Gasteiger partial charge >= 0.3 is 5.69 Å². The second kappa shape index (κ2) is 6.82. The minimum absolute atomic E-state index is 0.114. The Kier molecular flexibility index (Phi) is 4.35. The van der Waals surface area contributed by atoms with Crippen molar-refractivity contribution >= 4 is 16.9 Å². The summed E-state index contributed by atoms with van der Waals surface area (Å²) in [6, 6.07) is 4.06. The third-order valence-electron chi connectivity index (χ3n) is 4.84. The van der Waals surface area contributed by atoms with Gasteiger partial charge in [-0.1, -0.05) is 0 Å². The molecule has 0 aliphatic carbocycles. The van der Waals surface area contributed by atoms with Gasteiger partial charge in [0.25, 0.3) is 5.56 Å². The fraction of sp³-hybridized carbons (Fsp3) is 0.333. The topological polar surface area (TPSA) is 115 Å². The molecule has 9 heteroatoms. The molecule has 2 aromatic heterocycles. The first-order valence-corrected chi connectivity index (χ1v) is 8.77. The van der Waals surface area contributed by atoms with Crippen molar-refractivity contribution in [2.45, 2.75) is 31.7 Å². The molecule has 27 heavy (non-hydrogen) atoms. The van der Waals surface area contributed by atoms with E-state index in [2.05, 4.69) is 19.9 Å². The monoisotopic (exact) mass is 371 g/mol. The number of hydrogen-bond acceptors (Lipinski definition) is 4. The highest BCUT2D eigenvalue weighted by molar-refractivity contribution is 5.79. The number of aromatic nitrogens is 4. The summed E-state index contributed by atoms with van der Waals surface area (Å²) in [4.78, 5) is 49.7. The zero-order valence-corrected chi connectivity index (χ0v) is 14.4. The van der Waals surface area contributed by atoms with Crippen LogP contribution >= 0.6 is 0 Å². The normalized spacial score (nSPS) is 17.4. The van der Waals surface area contributed by atoms with Crippen molar-refractivity contribution in [3.8, 4) is 0 Å². The summed E-state index contributed by atoms with van der Waals surface area (Å²) in [6.07, 6.45) is 3.69. The van der Waals surface area contributed by atoms with Gasteiger partial charge in [0.05, 0.1) is 23.5 Å². The zero-order valence-electron chi connectivity index (χ0n) is 14.4. The van der Waals surface area contributed by atoms with Gasteiger partial charge < -0.3 is 14.9 Å². The van der Waals surface area contributed by atoms with Crippen LogP contribution in [0.4, 0.5) is 4.39 Å². The Hall–Kier alpha value is -3.23. The highest BCUT2D eigenvalue weighted by Gasteiger charge is 2.30. The molecule has 1 aliphatic heterocycles. The van der Waals surface area contributed by atoms with Crippen molar-refractivity contribution in [2.75, 3.05) is 6.54 Å². The smallest absolute Gasteiger partial charge is 0.325 e. The number of nitrogens with one attached hydrogen (secondary N) is 3. The van der Waals surface area contributed by atoms with Crippen molar-refractivity contribution in [2.24, 2.45) is 0 Å². The van der Waals surface area contributed by atoms with Gasteiger partial charge in [-0.15, -0.1) is 0 Å². The van der Waals surface area contributed by atoms with Gasteiger partial charge in [0.2, 0.25) is 5.91 Å². The van der Waals surface area contributed by atoms with E-state index in [-0.39, 0.29) is 29.8 Å². The van der Waals surface area contributed by atoms with Crippen molar-refractivity contribution in [3.63, 3.8) is 0 Å². The molecule has 0 bridgehead atoms. The molecule has 1 unspecified atom stereocenters. The third kappa shape index (κ3) is 3.40. The number of piperidine rings is 1. The molecule has 0 radical (unpaired) electrons. The van der Waals surface area contributed by atoms with Gasteiger partial charge in [0, 0.05) is 18.3 Å². The molecule has 1 fully saturated rings. The van der Waals surface area contributed by atoms with Crippen LogP contribution in [0.25, 0.3) is 11.0 Å². The fourth-order valence-corrected chi connectivity index (χ4v) is 3.51. The number of aromatic amines is 3. The largest absolute Gasteiger partial charge is 0.340 e. The molecule has 1 amide bonds. The Morgan fingerprint density at radius 3 is 2.93 bits per heavy atom. The maximum Gasteiger partial charge on any atom is 0.325 e. The first kappa shape index (κ1) is 17.2. The molecule has 140 valence electrons. The van der Waals surface area contributed by atoms with Crippen molar-refractivity contribution in [3.05, 3.63) is 62.4 Å². The molecule has 1 atom stereocenters. The Bertz CT molecular complexity index is 1120. The van der Waals surface area contributed by atoms with Crippen LogP contribution in [0.2, 0.25) is 0 Å². The van der Waals surface area contributed by atoms with E-state index in [0.717, 1.165) is 19.3 Å². The zero-order chi connectivity index (χ0) is 19.0. The summed E-state index contributed by atoms with van der Waals surface area (Å²) >= 11 is 0. The number of rotatable bonds is 3. The van der Waals surface area contributed by atoms with Gasteiger partial charge in [-0.2, -0.15) is 0 Å². The number of amides is 1. The van der Waals surface area contributed by atoms with Crippen LogP contribution in [0.1, 0.15) is 36.7 Å².